The highest BCUT2D eigenvalue weighted by Crippen LogP contribution is 2.27. The highest BCUT2D eigenvalue weighted by molar-refractivity contribution is 7.18. The molecule has 108 valence electrons. The quantitative estimate of drug-likeness (QED) is 0.852. The van der Waals surface area contributed by atoms with E-state index in [4.69, 9.17) is 5.73 Å². The molecular formula is C12H17N5OS2. The van der Waals surface area contributed by atoms with Crippen LogP contribution in [0, 0.1) is 0 Å². The summed E-state index contributed by atoms with van der Waals surface area (Å²) in [4.78, 5) is 23.9. The van der Waals surface area contributed by atoms with Crippen molar-refractivity contribution in [1.29, 1.82) is 0 Å². The first kappa shape index (κ1) is 14.7. The molecule has 20 heavy (non-hydrogen) atoms. The Labute approximate surface area is 125 Å². The number of nitrogens with one attached hydrogen (secondary N) is 1. The van der Waals surface area contributed by atoms with Gasteiger partial charge in [-0.15, -0.1) is 11.3 Å². The zero-order valence-electron chi connectivity index (χ0n) is 11.4. The van der Waals surface area contributed by atoms with Gasteiger partial charge >= 0.3 is 0 Å². The predicted molar refractivity (Wildman–Crippen MR) is 83.4 cm³/mol. The van der Waals surface area contributed by atoms with Crippen LogP contribution in [0.1, 0.15) is 28.4 Å². The molecule has 2 rings (SSSR count). The molecule has 0 saturated carbocycles. The number of carbonyl (C=O) groups excluding carboxylic acids is 1. The van der Waals surface area contributed by atoms with Crippen LogP contribution in [-0.4, -0.2) is 29.0 Å². The lowest BCUT2D eigenvalue weighted by atomic mass is 10.4. The molecule has 0 radical (unpaired) electrons. The van der Waals surface area contributed by atoms with Crippen LogP contribution in [0.2, 0.25) is 0 Å². The largest absolute Gasteiger partial charge is 0.382 e. The van der Waals surface area contributed by atoms with E-state index in [2.05, 4.69) is 20.2 Å². The van der Waals surface area contributed by atoms with Crippen LogP contribution in [0.4, 0.5) is 10.9 Å². The van der Waals surface area contributed by atoms with E-state index in [1.54, 1.807) is 11.7 Å². The highest BCUT2D eigenvalue weighted by atomic mass is 32.1. The van der Waals surface area contributed by atoms with E-state index in [0.29, 0.717) is 17.2 Å². The van der Waals surface area contributed by atoms with Gasteiger partial charge in [-0.05, 0) is 13.8 Å². The monoisotopic (exact) mass is 311 g/mol. The Morgan fingerprint density at radius 3 is 2.80 bits per heavy atom. The zero-order valence-corrected chi connectivity index (χ0v) is 13.1. The third-order valence-electron chi connectivity index (χ3n) is 2.79. The van der Waals surface area contributed by atoms with Gasteiger partial charge in [0.1, 0.15) is 10.7 Å². The number of nitrogens with zero attached hydrogens (tertiary/aromatic N) is 3. The van der Waals surface area contributed by atoms with Crippen molar-refractivity contribution < 1.29 is 4.79 Å². The molecule has 0 aliphatic carbocycles. The van der Waals surface area contributed by atoms with Crippen molar-refractivity contribution in [3.05, 3.63) is 21.5 Å². The number of amides is 1. The van der Waals surface area contributed by atoms with E-state index in [1.807, 2.05) is 13.8 Å². The number of nitrogens with two attached hydrogens (primary N) is 1. The predicted octanol–water partition coefficient (Wildman–Crippen LogP) is 1.96. The van der Waals surface area contributed by atoms with Gasteiger partial charge in [0.15, 0.2) is 5.13 Å². The number of rotatable bonds is 6. The first-order valence-corrected chi connectivity index (χ1v) is 8.02. The van der Waals surface area contributed by atoms with E-state index in [-0.39, 0.29) is 5.91 Å². The summed E-state index contributed by atoms with van der Waals surface area (Å²) >= 11 is 2.83. The zero-order chi connectivity index (χ0) is 14.5. The first-order chi connectivity index (χ1) is 9.65. The summed E-state index contributed by atoms with van der Waals surface area (Å²) in [6, 6.07) is 0. The van der Waals surface area contributed by atoms with Gasteiger partial charge in [0.25, 0.3) is 5.91 Å². The van der Waals surface area contributed by atoms with Crippen LogP contribution in [0.5, 0.6) is 0 Å². The lowest BCUT2D eigenvalue weighted by molar-refractivity contribution is 0.0956. The minimum Gasteiger partial charge on any atom is -0.382 e. The third-order valence-corrected chi connectivity index (χ3v) is 4.70. The number of hydrogen-bond acceptors (Lipinski definition) is 7. The summed E-state index contributed by atoms with van der Waals surface area (Å²) in [5.41, 5.74) is 7.58. The molecule has 0 unspecified atom stereocenters. The number of carbonyl (C=O) groups is 1. The van der Waals surface area contributed by atoms with Crippen LogP contribution >= 0.6 is 22.7 Å². The van der Waals surface area contributed by atoms with Gasteiger partial charge in [-0.2, -0.15) is 0 Å². The van der Waals surface area contributed by atoms with Crippen LogP contribution in [0.15, 0.2) is 11.7 Å². The molecule has 0 atom stereocenters. The Morgan fingerprint density at radius 1 is 1.45 bits per heavy atom. The van der Waals surface area contributed by atoms with E-state index >= 15 is 0 Å². The minimum absolute atomic E-state index is 0.188. The summed E-state index contributed by atoms with van der Waals surface area (Å²) in [7, 11) is 0. The number of nitrogen functional groups attached to an aromatic ring is 1. The maximum atomic E-state index is 12.1. The summed E-state index contributed by atoms with van der Waals surface area (Å²) in [6.45, 7) is 6.23. The lowest BCUT2D eigenvalue weighted by Gasteiger charge is -2.16. The van der Waals surface area contributed by atoms with Crippen LogP contribution in [0.25, 0.3) is 0 Å². The average molecular weight is 311 g/mol. The lowest BCUT2D eigenvalue weighted by Crippen LogP contribution is -2.22. The minimum atomic E-state index is -0.188. The average Bonchev–Trinajstić information content (AvgIpc) is 3.07. The van der Waals surface area contributed by atoms with Crippen LogP contribution in [0.3, 0.4) is 0 Å². The molecule has 0 saturated heterocycles. The Kier molecular flexibility index (Phi) is 4.91. The summed E-state index contributed by atoms with van der Waals surface area (Å²) < 4.78 is 0. The molecule has 1 amide bonds. The second-order valence-corrected chi connectivity index (χ2v) is 5.98. The van der Waals surface area contributed by atoms with Crippen molar-refractivity contribution in [2.45, 2.75) is 20.4 Å². The molecule has 0 aliphatic rings. The van der Waals surface area contributed by atoms with Crippen molar-refractivity contribution in [1.82, 2.24) is 15.3 Å². The normalized spacial score (nSPS) is 10.5. The van der Waals surface area contributed by atoms with Crippen LogP contribution < -0.4 is 16.0 Å². The molecule has 2 aromatic rings. The third kappa shape index (κ3) is 3.26. The molecular weight excluding hydrogens is 294 g/mol. The van der Waals surface area contributed by atoms with Gasteiger partial charge in [-0.25, -0.2) is 4.98 Å². The fourth-order valence-corrected chi connectivity index (χ4v) is 3.25. The van der Waals surface area contributed by atoms with Crippen molar-refractivity contribution in [2.75, 3.05) is 23.7 Å². The van der Waals surface area contributed by atoms with Gasteiger partial charge < -0.3 is 16.0 Å². The van der Waals surface area contributed by atoms with Gasteiger partial charge in [-0.3, -0.25) is 9.78 Å². The topological polar surface area (TPSA) is 84.1 Å². The molecule has 2 aromatic heterocycles. The second-order valence-electron chi connectivity index (χ2n) is 4.03. The maximum absolute atomic E-state index is 12.1. The van der Waals surface area contributed by atoms with Gasteiger partial charge in [0.05, 0.1) is 12.1 Å². The first-order valence-electron chi connectivity index (χ1n) is 6.32. The fourth-order valence-electron chi connectivity index (χ4n) is 1.69. The Morgan fingerprint density at radius 2 is 2.20 bits per heavy atom. The Hall–Kier alpha value is -1.67. The molecule has 0 aromatic carbocycles. The number of hydrogen-bond donors (Lipinski definition) is 2. The number of aromatic nitrogens is 2. The number of thiazole rings is 2. The van der Waals surface area contributed by atoms with Crippen LogP contribution in [-0.2, 0) is 6.54 Å². The summed E-state index contributed by atoms with van der Waals surface area (Å²) in [6.07, 6.45) is 1.74. The van der Waals surface area contributed by atoms with E-state index in [1.165, 1.54) is 22.7 Å². The van der Waals surface area contributed by atoms with E-state index < -0.39 is 0 Å². The Balaban J connectivity index is 2.06. The van der Waals surface area contributed by atoms with Crippen molar-refractivity contribution >= 4 is 39.5 Å². The van der Waals surface area contributed by atoms with Gasteiger partial charge in [0, 0.05) is 24.2 Å². The molecule has 0 fully saturated rings. The summed E-state index contributed by atoms with van der Waals surface area (Å²) in [5, 5.41) is 3.62. The number of anilines is 2. The van der Waals surface area contributed by atoms with Crippen molar-refractivity contribution in [2.24, 2.45) is 0 Å². The molecule has 0 spiro atoms. The molecule has 6 nitrogen and oxygen atoms in total. The van der Waals surface area contributed by atoms with Gasteiger partial charge in [-0.1, -0.05) is 11.3 Å². The second kappa shape index (κ2) is 6.67. The maximum Gasteiger partial charge on any atom is 0.265 e. The van der Waals surface area contributed by atoms with E-state index in [9.17, 15) is 4.79 Å². The van der Waals surface area contributed by atoms with Gasteiger partial charge in [0.2, 0.25) is 0 Å². The molecule has 3 N–H and O–H groups in total. The Bertz CT molecular complexity index is 562. The SMILES string of the molecule is CCN(CC)c1nc(N)c(C(=O)NCc2cncs2)s1. The smallest absolute Gasteiger partial charge is 0.265 e. The van der Waals surface area contributed by atoms with Crippen molar-refractivity contribution in [3.8, 4) is 0 Å². The summed E-state index contributed by atoms with van der Waals surface area (Å²) in [5.74, 6) is 0.102. The molecule has 8 heteroatoms. The van der Waals surface area contributed by atoms with E-state index in [0.717, 1.165) is 23.1 Å². The fraction of sp³-hybridized carbons (Fsp3) is 0.417. The molecule has 0 bridgehead atoms. The standard InChI is InChI=1S/C12H17N5OS2/c1-3-17(4-2)12-16-10(13)9(20-12)11(18)15-6-8-5-14-7-19-8/h5,7H,3-4,6,13H2,1-2H3,(H,15,18). The van der Waals surface area contributed by atoms with Crippen molar-refractivity contribution in [3.63, 3.8) is 0 Å². The highest BCUT2D eigenvalue weighted by Gasteiger charge is 2.18. The molecule has 0 aliphatic heterocycles. The molecule has 2 heterocycles.